The van der Waals surface area contributed by atoms with E-state index in [1.54, 1.807) is 24.3 Å². The Morgan fingerprint density at radius 1 is 0.935 bits per heavy atom. The Bertz CT molecular complexity index is 1210. The van der Waals surface area contributed by atoms with Crippen molar-refractivity contribution in [2.45, 2.75) is 25.6 Å². The maximum absolute atomic E-state index is 12.6. The average Bonchev–Trinajstić information content (AvgIpc) is 3.35. The van der Waals surface area contributed by atoms with E-state index in [1.165, 1.54) is 0 Å². The zero-order valence-corrected chi connectivity index (χ0v) is 17.1. The van der Waals surface area contributed by atoms with E-state index in [0.717, 1.165) is 46.8 Å². The molecule has 5 heteroatoms. The van der Waals surface area contributed by atoms with Crippen LogP contribution in [0.5, 0.6) is 5.75 Å². The number of carbonyl (C=O) groups is 1. The molecule has 5 rings (SSSR count). The fraction of sp³-hybridized carbons (Fsp3) is 0.231. The van der Waals surface area contributed by atoms with Gasteiger partial charge in [0.15, 0.2) is 0 Å². The number of pyridine rings is 1. The highest BCUT2D eigenvalue weighted by Gasteiger charge is 2.16. The molecule has 0 bridgehead atoms. The Balaban J connectivity index is 1.28. The number of rotatable bonds is 6. The molecule has 1 aliphatic heterocycles. The molecular weight excluding hydrogens is 390 g/mol. The van der Waals surface area contributed by atoms with Gasteiger partial charge >= 0.3 is 5.97 Å². The van der Waals surface area contributed by atoms with Crippen molar-refractivity contribution in [2.75, 3.05) is 13.2 Å². The van der Waals surface area contributed by atoms with E-state index in [2.05, 4.69) is 12.1 Å². The van der Waals surface area contributed by atoms with Crippen LogP contribution in [0, 0.1) is 0 Å². The molecule has 2 heterocycles. The van der Waals surface area contributed by atoms with Gasteiger partial charge in [-0.25, -0.2) is 9.78 Å². The maximum atomic E-state index is 12.6. The first kappa shape index (κ1) is 19.5. The molecular formula is C26H23NO4. The molecule has 0 saturated carbocycles. The Labute approximate surface area is 180 Å². The van der Waals surface area contributed by atoms with Crippen molar-refractivity contribution in [3.8, 4) is 5.75 Å². The van der Waals surface area contributed by atoms with E-state index in [-0.39, 0.29) is 18.7 Å². The lowest BCUT2D eigenvalue weighted by Gasteiger charge is -2.12. The van der Waals surface area contributed by atoms with E-state index in [1.807, 2.05) is 36.4 Å². The molecule has 156 valence electrons. The van der Waals surface area contributed by atoms with Crippen molar-refractivity contribution in [2.24, 2.45) is 0 Å². The predicted molar refractivity (Wildman–Crippen MR) is 119 cm³/mol. The van der Waals surface area contributed by atoms with Crippen molar-refractivity contribution >= 4 is 27.6 Å². The fourth-order valence-corrected chi connectivity index (χ4v) is 3.95. The van der Waals surface area contributed by atoms with Gasteiger partial charge in [-0.2, -0.15) is 0 Å². The van der Waals surface area contributed by atoms with Gasteiger partial charge in [-0.15, -0.1) is 0 Å². The lowest BCUT2D eigenvalue weighted by molar-refractivity contribution is 0.0469. The van der Waals surface area contributed by atoms with Crippen molar-refractivity contribution < 1.29 is 19.0 Å². The van der Waals surface area contributed by atoms with Crippen LogP contribution in [-0.4, -0.2) is 30.3 Å². The largest absolute Gasteiger partial charge is 0.491 e. The third-order valence-corrected chi connectivity index (χ3v) is 5.58. The number of fused-ring (bicyclic) bond motifs is 3. The van der Waals surface area contributed by atoms with Crippen LogP contribution in [0.3, 0.4) is 0 Å². The van der Waals surface area contributed by atoms with E-state index < -0.39 is 0 Å². The summed E-state index contributed by atoms with van der Waals surface area (Å²) in [6, 6.07) is 23.1. The first-order chi connectivity index (χ1) is 15.3. The van der Waals surface area contributed by atoms with Crippen molar-refractivity contribution in [1.82, 2.24) is 4.98 Å². The summed E-state index contributed by atoms with van der Waals surface area (Å²) in [7, 11) is 0. The summed E-state index contributed by atoms with van der Waals surface area (Å²) in [4.78, 5) is 17.3. The van der Waals surface area contributed by atoms with Crippen molar-refractivity contribution in [1.29, 1.82) is 0 Å². The monoisotopic (exact) mass is 413 g/mol. The molecule has 1 fully saturated rings. The Kier molecular flexibility index (Phi) is 5.50. The van der Waals surface area contributed by atoms with Crippen LogP contribution < -0.4 is 4.74 Å². The summed E-state index contributed by atoms with van der Waals surface area (Å²) in [6.07, 6.45) is 2.27. The van der Waals surface area contributed by atoms with Gasteiger partial charge in [-0.1, -0.05) is 42.5 Å². The van der Waals surface area contributed by atoms with Crippen LogP contribution in [0.4, 0.5) is 0 Å². The zero-order chi connectivity index (χ0) is 21.0. The molecule has 1 aliphatic rings. The molecule has 5 nitrogen and oxygen atoms in total. The smallest absolute Gasteiger partial charge is 0.338 e. The number of carbonyl (C=O) groups excluding carboxylic acids is 1. The van der Waals surface area contributed by atoms with Gasteiger partial charge in [0, 0.05) is 17.4 Å². The Morgan fingerprint density at radius 2 is 1.68 bits per heavy atom. The summed E-state index contributed by atoms with van der Waals surface area (Å²) in [6.45, 7) is 1.45. The number of nitrogens with zero attached hydrogens (tertiary/aromatic N) is 1. The summed E-state index contributed by atoms with van der Waals surface area (Å²) < 4.78 is 16.9. The fourth-order valence-electron chi connectivity index (χ4n) is 3.95. The molecule has 0 aliphatic carbocycles. The summed E-state index contributed by atoms with van der Waals surface area (Å²) in [5.41, 5.74) is 2.12. The Morgan fingerprint density at radius 3 is 2.45 bits per heavy atom. The molecule has 1 saturated heterocycles. The number of hydrogen-bond acceptors (Lipinski definition) is 5. The van der Waals surface area contributed by atoms with Gasteiger partial charge in [-0.05, 0) is 48.6 Å². The number of para-hydroxylation sites is 1. The third kappa shape index (κ3) is 4.23. The van der Waals surface area contributed by atoms with Crippen LogP contribution in [0.2, 0.25) is 0 Å². The second-order valence-corrected chi connectivity index (χ2v) is 7.67. The number of ether oxygens (including phenoxy) is 3. The van der Waals surface area contributed by atoms with Gasteiger partial charge in [-0.3, -0.25) is 0 Å². The highest BCUT2D eigenvalue weighted by molar-refractivity contribution is 6.06. The van der Waals surface area contributed by atoms with Crippen LogP contribution in [0.1, 0.15) is 28.9 Å². The first-order valence-electron chi connectivity index (χ1n) is 10.6. The normalized spacial score (nSPS) is 15.9. The lowest BCUT2D eigenvalue weighted by atomic mass is 10.0. The van der Waals surface area contributed by atoms with Crippen molar-refractivity contribution in [3.63, 3.8) is 0 Å². The van der Waals surface area contributed by atoms with Crippen LogP contribution in [0.15, 0.2) is 72.8 Å². The molecule has 0 spiro atoms. The van der Waals surface area contributed by atoms with Crippen LogP contribution in [0.25, 0.3) is 21.7 Å². The van der Waals surface area contributed by atoms with E-state index in [4.69, 9.17) is 19.2 Å². The maximum Gasteiger partial charge on any atom is 0.338 e. The molecule has 1 atom stereocenters. The minimum Gasteiger partial charge on any atom is -0.491 e. The van der Waals surface area contributed by atoms with Gasteiger partial charge in [0.1, 0.15) is 19.0 Å². The minimum absolute atomic E-state index is 0.113. The number of hydrogen-bond donors (Lipinski definition) is 0. The van der Waals surface area contributed by atoms with Crippen LogP contribution in [-0.2, 0) is 16.1 Å². The molecule has 0 N–H and O–H groups in total. The quantitative estimate of drug-likeness (QED) is 0.317. The molecule has 1 unspecified atom stereocenters. The molecule has 3 aromatic carbocycles. The van der Waals surface area contributed by atoms with E-state index >= 15 is 0 Å². The summed E-state index contributed by atoms with van der Waals surface area (Å²) >= 11 is 0. The average molecular weight is 413 g/mol. The summed E-state index contributed by atoms with van der Waals surface area (Å²) in [5, 5.41) is 3.19. The lowest BCUT2D eigenvalue weighted by Crippen LogP contribution is -2.16. The standard InChI is InChI=1S/C26H23NO4/c28-26(18-11-13-19(14-12-18)30-16-20-6-5-15-29-20)31-17-25-23-9-2-1-7-21(23)22-8-3-4-10-24(22)27-25/h1-4,7-14,20H,5-6,15-17H2. The minimum atomic E-state index is -0.385. The van der Waals surface area contributed by atoms with Gasteiger partial charge in [0.05, 0.1) is 22.9 Å². The molecule has 1 aromatic heterocycles. The highest BCUT2D eigenvalue weighted by Crippen LogP contribution is 2.27. The van der Waals surface area contributed by atoms with Gasteiger partial charge < -0.3 is 14.2 Å². The second kappa shape index (κ2) is 8.74. The molecule has 0 radical (unpaired) electrons. The van der Waals surface area contributed by atoms with E-state index in [9.17, 15) is 4.79 Å². The third-order valence-electron chi connectivity index (χ3n) is 5.58. The topological polar surface area (TPSA) is 57.7 Å². The highest BCUT2D eigenvalue weighted by atomic mass is 16.5. The van der Waals surface area contributed by atoms with Crippen LogP contribution >= 0.6 is 0 Å². The molecule has 4 aromatic rings. The first-order valence-corrected chi connectivity index (χ1v) is 10.6. The number of aromatic nitrogens is 1. The zero-order valence-electron chi connectivity index (χ0n) is 17.1. The van der Waals surface area contributed by atoms with Gasteiger partial charge in [0.25, 0.3) is 0 Å². The van der Waals surface area contributed by atoms with Crippen molar-refractivity contribution in [3.05, 3.63) is 84.1 Å². The van der Waals surface area contributed by atoms with E-state index in [0.29, 0.717) is 17.9 Å². The van der Waals surface area contributed by atoms with Gasteiger partial charge in [0.2, 0.25) is 0 Å². The Hall–Kier alpha value is -3.44. The number of esters is 1. The molecule has 31 heavy (non-hydrogen) atoms. The SMILES string of the molecule is O=C(OCc1nc2ccccc2c2ccccc12)c1ccc(OCC2CCCO2)cc1. The second-order valence-electron chi connectivity index (χ2n) is 7.67. The number of benzene rings is 3. The molecule has 0 amide bonds. The predicted octanol–water partition coefficient (Wildman–Crippen LogP) is 5.30. The summed E-state index contributed by atoms with van der Waals surface area (Å²) in [5.74, 6) is 0.332.